The summed E-state index contributed by atoms with van der Waals surface area (Å²) < 4.78 is 5.88. The van der Waals surface area contributed by atoms with Gasteiger partial charge in [-0.1, -0.05) is 6.07 Å². The number of fused-ring (bicyclic) bond motifs is 1. The van der Waals surface area contributed by atoms with Gasteiger partial charge in [-0.25, -0.2) is 0 Å². The molecule has 130 valence electrons. The van der Waals surface area contributed by atoms with Crippen LogP contribution in [0.5, 0.6) is 5.75 Å². The fourth-order valence-electron chi connectivity index (χ4n) is 2.38. The minimum Gasteiger partial charge on any atom is -0.491 e. The van der Waals surface area contributed by atoms with Gasteiger partial charge in [-0.3, -0.25) is 15.1 Å². The molecule has 0 unspecified atom stereocenters. The van der Waals surface area contributed by atoms with Crippen molar-refractivity contribution in [1.82, 2.24) is 15.2 Å². The third kappa shape index (κ3) is 4.26. The van der Waals surface area contributed by atoms with Crippen LogP contribution in [0.3, 0.4) is 0 Å². The zero-order valence-corrected chi connectivity index (χ0v) is 14.6. The van der Waals surface area contributed by atoms with E-state index in [9.17, 15) is 4.79 Å². The SMILES string of the molecule is CN=C(N)NC(=O)c1cc2c(C)ccc(OCCCN(C)C)c2[nH]1. The molecule has 0 atom stereocenters. The Morgan fingerprint density at radius 1 is 1.42 bits per heavy atom. The molecule has 7 heteroatoms. The minimum atomic E-state index is -0.327. The highest BCUT2D eigenvalue weighted by atomic mass is 16.5. The first-order valence-electron chi connectivity index (χ1n) is 7.86. The van der Waals surface area contributed by atoms with Gasteiger partial charge in [0, 0.05) is 19.0 Å². The number of guanidine groups is 1. The Kier molecular flexibility index (Phi) is 5.81. The van der Waals surface area contributed by atoms with Crippen molar-refractivity contribution in [3.05, 3.63) is 29.5 Å². The summed E-state index contributed by atoms with van der Waals surface area (Å²) in [4.78, 5) is 21.2. The van der Waals surface area contributed by atoms with E-state index in [1.807, 2.05) is 33.2 Å². The lowest BCUT2D eigenvalue weighted by Gasteiger charge is -2.11. The van der Waals surface area contributed by atoms with E-state index in [0.29, 0.717) is 12.3 Å². The average Bonchev–Trinajstić information content (AvgIpc) is 2.99. The van der Waals surface area contributed by atoms with Gasteiger partial charge < -0.3 is 20.4 Å². The summed E-state index contributed by atoms with van der Waals surface area (Å²) in [6, 6.07) is 5.71. The van der Waals surface area contributed by atoms with Crippen LogP contribution in [0.2, 0.25) is 0 Å². The number of carbonyl (C=O) groups is 1. The number of nitrogens with two attached hydrogens (primary N) is 1. The lowest BCUT2D eigenvalue weighted by atomic mass is 10.1. The second-order valence-electron chi connectivity index (χ2n) is 5.92. The lowest BCUT2D eigenvalue weighted by Crippen LogP contribution is -2.36. The van der Waals surface area contributed by atoms with Crippen LogP contribution in [0.4, 0.5) is 0 Å². The first-order chi connectivity index (χ1) is 11.4. The zero-order chi connectivity index (χ0) is 17.7. The number of ether oxygens (including phenoxy) is 1. The third-order valence-electron chi connectivity index (χ3n) is 3.71. The summed E-state index contributed by atoms with van der Waals surface area (Å²) >= 11 is 0. The number of aryl methyl sites for hydroxylation is 1. The second kappa shape index (κ2) is 7.83. The first kappa shape index (κ1) is 17.8. The van der Waals surface area contributed by atoms with Gasteiger partial charge in [0.15, 0.2) is 5.96 Å². The lowest BCUT2D eigenvalue weighted by molar-refractivity contribution is 0.0972. The van der Waals surface area contributed by atoms with Crippen molar-refractivity contribution < 1.29 is 9.53 Å². The molecule has 24 heavy (non-hydrogen) atoms. The molecule has 1 aromatic heterocycles. The Morgan fingerprint density at radius 3 is 2.83 bits per heavy atom. The molecule has 0 aliphatic carbocycles. The third-order valence-corrected chi connectivity index (χ3v) is 3.71. The topological polar surface area (TPSA) is 95.7 Å². The van der Waals surface area contributed by atoms with Crippen molar-refractivity contribution in [3.63, 3.8) is 0 Å². The van der Waals surface area contributed by atoms with E-state index in [2.05, 4.69) is 20.2 Å². The standard InChI is InChI=1S/C17H25N5O2/c1-11-6-7-14(24-9-5-8-22(3)4)15-12(11)10-13(20-15)16(23)21-17(18)19-2/h6-7,10,20H,5,8-9H2,1-4H3,(H3,18,19,21,23). The molecular weight excluding hydrogens is 306 g/mol. The van der Waals surface area contributed by atoms with Crippen LogP contribution in [0.15, 0.2) is 23.2 Å². The zero-order valence-electron chi connectivity index (χ0n) is 14.6. The smallest absolute Gasteiger partial charge is 0.274 e. The van der Waals surface area contributed by atoms with E-state index in [1.54, 1.807) is 6.07 Å². The molecule has 0 aliphatic rings. The fourth-order valence-corrected chi connectivity index (χ4v) is 2.38. The number of rotatable bonds is 6. The van der Waals surface area contributed by atoms with Gasteiger partial charge in [0.1, 0.15) is 11.4 Å². The quantitative estimate of drug-likeness (QED) is 0.424. The summed E-state index contributed by atoms with van der Waals surface area (Å²) in [6.07, 6.45) is 0.930. The molecule has 1 heterocycles. The number of benzene rings is 1. The van der Waals surface area contributed by atoms with Crippen LogP contribution in [-0.4, -0.2) is 56.0 Å². The van der Waals surface area contributed by atoms with Crippen LogP contribution in [0.25, 0.3) is 10.9 Å². The predicted molar refractivity (Wildman–Crippen MR) is 96.7 cm³/mol. The average molecular weight is 331 g/mol. The van der Waals surface area contributed by atoms with Gasteiger partial charge in [-0.2, -0.15) is 0 Å². The maximum absolute atomic E-state index is 12.2. The molecule has 1 aromatic carbocycles. The minimum absolute atomic E-state index is 0.0792. The molecule has 0 spiro atoms. The van der Waals surface area contributed by atoms with Gasteiger partial charge in [-0.05, 0) is 45.1 Å². The molecule has 0 saturated heterocycles. The van der Waals surface area contributed by atoms with Gasteiger partial charge >= 0.3 is 0 Å². The number of hydrogen-bond acceptors (Lipinski definition) is 4. The number of aromatic amines is 1. The van der Waals surface area contributed by atoms with Crippen molar-refractivity contribution >= 4 is 22.8 Å². The molecule has 0 fully saturated rings. The number of hydrogen-bond donors (Lipinski definition) is 3. The largest absolute Gasteiger partial charge is 0.491 e. The van der Waals surface area contributed by atoms with Gasteiger partial charge in [0.2, 0.25) is 0 Å². The van der Waals surface area contributed by atoms with E-state index in [4.69, 9.17) is 10.5 Å². The number of H-pyrrole nitrogens is 1. The van der Waals surface area contributed by atoms with Crippen molar-refractivity contribution in [3.8, 4) is 5.75 Å². The van der Waals surface area contributed by atoms with Gasteiger partial charge in [-0.15, -0.1) is 0 Å². The van der Waals surface area contributed by atoms with E-state index < -0.39 is 0 Å². The number of nitrogens with one attached hydrogen (secondary N) is 2. The second-order valence-corrected chi connectivity index (χ2v) is 5.92. The summed E-state index contributed by atoms with van der Waals surface area (Å²) in [5.41, 5.74) is 7.85. The number of aromatic nitrogens is 1. The van der Waals surface area contributed by atoms with Crippen LogP contribution in [0.1, 0.15) is 22.5 Å². The molecule has 0 aliphatic heterocycles. The van der Waals surface area contributed by atoms with Crippen LogP contribution in [0, 0.1) is 6.92 Å². The Labute approximate surface area is 141 Å². The highest BCUT2D eigenvalue weighted by Gasteiger charge is 2.14. The van der Waals surface area contributed by atoms with Crippen molar-refractivity contribution in [1.29, 1.82) is 0 Å². The first-order valence-corrected chi connectivity index (χ1v) is 7.86. The Balaban J connectivity index is 2.21. The maximum atomic E-state index is 12.2. The highest BCUT2D eigenvalue weighted by Crippen LogP contribution is 2.28. The molecule has 1 amide bonds. The van der Waals surface area contributed by atoms with Crippen molar-refractivity contribution in [2.75, 3.05) is 34.3 Å². The van der Waals surface area contributed by atoms with E-state index in [0.717, 1.165) is 35.2 Å². The van der Waals surface area contributed by atoms with Gasteiger partial charge in [0.25, 0.3) is 5.91 Å². The van der Waals surface area contributed by atoms with Gasteiger partial charge in [0.05, 0.1) is 12.1 Å². The maximum Gasteiger partial charge on any atom is 0.274 e. The fraction of sp³-hybridized carbons (Fsp3) is 0.412. The summed E-state index contributed by atoms with van der Waals surface area (Å²) in [7, 11) is 5.58. The molecule has 2 aromatic rings. The van der Waals surface area contributed by atoms with Crippen LogP contribution in [-0.2, 0) is 0 Å². The molecule has 7 nitrogen and oxygen atoms in total. The number of aliphatic imine (C=N–C) groups is 1. The molecule has 0 saturated carbocycles. The Morgan fingerprint density at radius 2 is 2.17 bits per heavy atom. The molecule has 0 radical (unpaired) electrons. The predicted octanol–water partition coefficient (Wildman–Crippen LogP) is 1.48. The van der Waals surface area contributed by atoms with Crippen LogP contribution >= 0.6 is 0 Å². The monoisotopic (exact) mass is 331 g/mol. The number of carbonyl (C=O) groups excluding carboxylic acids is 1. The molecule has 4 N–H and O–H groups in total. The Hall–Kier alpha value is -2.54. The van der Waals surface area contributed by atoms with E-state index in [1.165, 1.54) is 7.05 Å². The summed E-state index contributed by atoms with van der Waals surface area (Å²) in [5.74, 6) is 0.494. The molecule has 2 rings (SSSR count). The van der Waals surface area contributed by atoms with Crippen molar-refractivity contribution in [2.24, 2.45) is 10.7 Å². The van der Waals surface area contributed by atoms with E-state index in [-0.39, 0.29) is 11.9 Å². The molecule has 0 bridgehead atoms. The van der Waals surface area contributed by atoms with E-state index >= 15 is 0 Å². The number of amides is 1. The highest BCUT2D eigenvalue weighted by molar-refractivity contribution is 6.07. The molecular formula is C17H25N5O2. The normalized spacial score (nSPS) is 12.0. The Bertz CT molecular complexity index is 749. The number of nitrogens with zero attached hydrogens (tertiary/aromatic N) is 2. The van der Waals surface area contributed by atoms with Crippen LogP contribution < -0.4 is 15.8 Å². The van der Waals surface area contributed by atoms with Crippen molar-refractivity contribution in [2.45, 2.75) is 13.3 Å². The summed E-state index contributed by atoms with van der Waals surface area (Å²) in [5, 5.41) is 3.48. The summed E-state index contributed by atoms with van der Waals surface area (Å²) in [6.45, 7) is 3.57.